The van der Waals surface area contributed by atoms with E-state index in [4.69, 9.17) is 9.15 Å². The number of carbonyl (C=O) groups excluding carboxylic acids is 1. The highest BCUT2D eigenvalue weighted by Crippen LogP contribution is 2.24. The minimum atomic E-state index is -0.740. The highest BCUT2D eigenvalue weighted by molar-refractivity contribution is 5.97. The van der Waals surface area contributed by atoms with E-state index >= 15 is 0 Å². The van der Waals surface area contributed by atoms with Crippen LogP contribution in [0.2, 0.25) is 0 Å². The first-order chi connectivity index (χ1) is 12.1. The number of para-hydroxylation sites is 1. The van der Waals surface area contributed by atoms with Crippen LogP contribution in [0.5, 0.6) is 5.75 Å². The van der Waals surface area contributed by atoms with Gasteiger partial charge in [0.2, 0.25) is 0 Å². The second-order valence-electron chi connectivity index (χ2n) is 5.36. The van der Waals surface area contributed by atoms with E-state index < -0.39 is 11.5 Å². The van der Waals surface area contributed by atoms with Gasteiger partial charge in [0.1, 0.15) is 11.4 Å². The Morgan fingerprint density at radius 1 is 1.20 bits per heavy atom. The van der Waals surface area contributed by atoms with Crippen molar-refractivity contribution < 1.29 is 18.3 Å². The lowest BCUT2D eigenvalue weighted by Crippen LogP contribution is -2.27. The predicted octanol–water partition coefficient (Wildman–Crippen LogP) is 3.26. The third-order valence-corrected chi connectivity index (χ3v) is 3.63. The van der Waals surface area contributed by atoms with Crippen molar-refractivity contribution in [1.29, 1.82) is 0 Å². The molecule has 1 aromatic heterocycles. The summed E-state index contributed by atoms with van der Waals surface area (Å²) in [6.07, 6.45) is 0. The van der Waals surface area contributed by atoms with Crippen molar-refractivity contribution >= 4 is 16.9 Å². The van der Waals surface area contributed by atoms with E-state index in [9.17, 15) is 14.0 Å². The molecule has 0 aliphatic heterocycles. The maximum Gasteiger partial charge on any atom is 0.349 e. The summed E-state index contributed by atoms with van der Waals surface area (Å²) < 4.78 is 23.6. The van der Waals surface area contributed by atoms with Crippen molar-refractivity contribution in [2.45, 2.75) is 13.5 Å². The van der Waals surface area contributed by atoms with Gasteiger partial charge in [0.25, 0.3) is 5.91 Å². The Morgan fingerprint density at radius 2 is 1.96 bits per heavy atom. The Kier molecular flexibility index (Phi) is 4.79. The first-order valence-corrected chi connectivity index (χ1v) is 7.81. The average molecular weight is 341 g/mol. The summed E-state index contributed by atoms with van der Waals surface area (Å²) in [5.74, 6) is -0.451. The molecule has 0 spiro atoms. The van der Waals surface area contributed by atoms with E-state index in [1.807, 2.05) is 6.92 Å². The van der Waals surface area contributed by atoms with Gasteiger partial charge in [-0.25, -0.2) is 9.18 Å². The van der Waals surface area contributed by atoms with Crippen LogP contribution in [-0.4, -0.2) is 12.5 Å². The minimum absolute atomic E-state index is 0.0942. The van der Waals surface area contributed by atoms with Crippen molar-refractivity contribution in [2.24, 2.45) is 0 Å². The topological polar surface area (TPSA) is 68.5 Å². The highest BCUT2D eigenvalue weighted by Gasteiger charge is 2.15. The van der Waals surface area contributed by atoms with E-state index in [1.54, 1.807) is 30.3 Å². The molecule has 0 saturated carbocycles. The molecular formula is C19H16FNO4. The number of hydrogen-bond acceptors (Lipinski definition) is 4. The first kappa shape index (κ1) is 16.7. The molecule has 1 amide bonds. The van der Waals surface area contributed by atoms with Crippen LogP contribution in [0, 0.1) is 5.82 Å². The van der Waals surface area contributed by atoms with E-state index in [0.717, 1.165) is 5.56 Å². The maximum atomic E-state index is 12.9. The van der Waals surface area contributed by atoms with Crippen LogP contribution in [0.3, 0.4) is 0 Å². The zero-order chi connectivity index (χ0) is 17.8. The Hall–Kier alpha value is -3.15. The molecule has 0 radical (unpaired) electrons. The molecule has 0 aliphatic carbocycles. The molecule has 128 valence electrons. The molecule has 1 N–H and O–H groups in total. The molecule has 0 atom stereocenters. The van der Waals surface area contributed by atoms with E-state index in [1.165, 1.54) is 18.2 Å². The standard InChI is InChI=1S/C19H16FNO4/c1-2-24-16-5-3-4-13-10-15(19(23)25-17(13)16)18(22)21-11-12-6-8-14(20)9-7-12/h3-10H,2,11H2,1H3,(H,21,22). The van der Waals surface area contributed by atoms with Crippen LogP contribution < -0.4 is 15.7 Å². The van der Waals surface area contributed by atoms with Gasteiger partial charge in [0, 0.05) is 11.9 Å². The van der Waals surface area contributed by atoms with Crippen LogP contribution >= 0.6 is 0 Å². The van der Waals surface area contributed by atoms with Crippen molar-refractivity contribution in [3.63, 3.8) is 0 Å². The number of rotatable bonds is 5. The highest BCUT2D eigenvalue weighted by atomic mass is 19.1. The van der Waals surface area contributed by atoms with Gasteiger partial charge in [-0.2, -0.15) is 0 Å². The number of halogens is 1. The summed E-state index contributed by atoms with van der Waals surface area (Å²) in [6, 6.07) is 12.4. The lowest BCUT2D eigenvalue weighted by molar-refractivity contribution is 0.0947. The van der Waals surface area contributed by atoms with Gasteiger partial charge in [-0.15, -0.1) is 0 Å². The fourth-order valence-corrected chi connectivity index (χ4v) is 2.43. The van der Waals surface area contributed by atoms with Crippen molar-refractivity contribution in [3.05, 3.63) is 75.9 Å². The Labute approximate surface area is 143 Å². The van der Waals surface area contributed by atoms with Gasteiger partial charge in [-0.05, 0) is 36.8 Å². The smallest absolute Gasteiger partial charge is 0.349 e. The van der Waals surface area contributed by atoms with Gasteiger partial charge in [-0.1, -0.05) is 24.3 Å². The fraction of sp³-hybridized carbons (Fsp3) is 0.158. The molecule has 2 aromatic carbocycles. The fourth-order valence-electron chi connectivity index (χ4n) is 2.43. The number of nitrogens with one attached hydrogen (secondary N) is 1. The second-order valence-corrected chi connectivity index (χ2v) is 5.36. The summed E-state index contributed by atoms with van der Waals surface area (Å²) >= 11 is 0. The lowest BCUT2D eigenvalue weighted by Gasteiger charge is -2.08. The summed E-state index contributed by atoms with van der Waals surface area (Å²) in [4.78, 5) is 24.4. The molecule has 0 saturated heterocycles. The number of amides is 1. The lowest BCUT2D eigenvalue weighted by atomic mass is 10.1. The third kappa shape index (κ3) is 3.68. The Balaban J connectivity index is 1.85. The van der Waals surface area contributed by atoms with Crippen LogP contribution in [0.1, 0.15) is 22.8 Å². The monoisotopic (exact) mass is 341 g/mol. The molecule has 6 heteroatoms. The quantitative estimate of drug-likeness (QED) is 0.723. The molecule has 0 aliphatic rings. The Morgan fingerprint density at radius 3 is 2.68 bits per heavy atom. The largest absolute Gasteiger partial charge is 0.490 e. The molecule has 5 nitrogen and oxygen atoms in total. The molecule has 1 heterocycles. The number of hydrogen-bond donors (Lipinski definition) is 1. The van der Waals surface area contributed by atoms with Crippen LogP contribution in [-0.2, 0) is 6.54 Å². The van der Waals surface area contributed by atoms with E-state index in [-0.39, 0.29) is 17.9 Å². The molecular weight excluding hydrogens is 325 g/mol. The first-order valence-electron chi connectivity index (χ1n) is 7.81. The van der Waals surface area contributed by atoms with Gasteiger partial charge < -0.3 is 14.5 Å². The summed E-state index contributed by atoms with van der Waals surface area (Å²) in [6.45, 7) is 2.44. The van der Waals surface area contributed by atoms with Crippen LogP contribution in [0.25, 0.3) is 11.0 Å². The normalized spacial score (nSPS) is 10.6. The van der Waals surface area contributed by atoms with E-state index in [0.29, 0.717) is 23.3 Å². The predicted molar refractivity (Wildman–Crippen MR) is 91.2 cm³/mol. The molecule has 0 unspecified atom stereocenters. The second kappa shape index (κ2) is 7.17. The zero-order valence-electron chi connectivity index (χ0n) is 13.5. The number of benzene rings is 2. The third-order valence-electron chi connectivity index (χ3n) is 3.63. The van der Waals surface area contributed by atoms with Crippen molar-refractivity contribution in [2.75, 3.05) is 6.61 Å². The summed E-state index contributed by atoms with van der Waals surface area (Å²) in [7, 11) is 0. The molecule has 3 rings (SSSR count). The van der Waals surface area contributed by atoms with Gasteiger partial charge in [-0.3, -0.25) is 4.79 Å². The minimum Gasteiger partial charge on any atom is -0.490 e. The molecule has 3 aromatic rings. The van der Waals surface area contributed by atoms with Gasteiger partial charge in [0.05, 0.1) is 6.61 Å². The maximum absolute atomic E-state index is 12.9. The zero-order valence-corrected chi connectivity index (χ0v) is 13.5. The molecule has 0 fully saturated rings. The van der Waals surface area contributed by atoms with Crippen LogP contribution in [0.15, 0.2) is 57.7 Å². The SMILES string of the molecule is CCOc1cccc2cc(C(=O)NCc3ccc(F)cc3)c(=O)oc12. The number of ether oxygens (including phenoxy) is 1. The summed E-state index contributed by atoms with van der Waals surface area (Å²) in [5, 5.41) is 3.22. The van der Waals surface area contributed by atoms with E-state index in [2.05, 4.69) is 5.32 Å². The molecule has 25 heavy (non-hydrogen) atoms. The van der Waals surface area contributed by atoms with Crippen molar-refractivity contribution in [1.82, 2.24) is 5.32 Å². The van der Waals surface area contributed by atoms with Crippen molar-refractivity contribution in [3.8, 4) is 5.75 Å². The number of carbonyl (C=O) groups is 1. The van der Waals surface area contributed by atoms with Gasteiger partial charge in [0.15, 0.2) is 11.3 Å². The number of fused-ring (bicyclic) bond motifs is 1. The van der Waals surface area contributed by atoms with Gasteiger partial charge >= 0.3 is 5.63 Å². The molecule has 0 bridgehead atoms. The average Bonchev–Trinajstić information content (AvgIpc) is 2.61. The van der Waals surface area contributed by atoms with Crippen LogP contribution in [0.4, 0.5) is 4.39 Å². The summed E-state index contributed by atoms with van der Waals surface area (Å²) in [5.41, 5.74) is 0.197. The Bertz CT molecular complexity index is 963.